The van der Waals surface area contributed by atoms with Crippen molar-refractivity contribution in [2.75, 3.05) is 7.05 Å². The van der Waals surface area contributed by atoms with E-state index in [0.29, 0.717) is 5.69 Å². The summed E-state index contributed by atoms with van der Waals surface area (Å²) in [5, 5.41) is 25.3. The molecule has 0 aliphatic carbocycles. The van der Waals surface area contributed by atoms with Crippen LogP contribution in [-0.4, -0.2) is 44.7 Å². The number of rotatable bonds is 6. The van der Waals surface area contributed by atoms with Gasteiger partial charge in [-0.1, -0.05) is 24.3 Å². The van der Waals surface area contributed by atoms with Gasteiger partial charge in [-0.3, -0.25) is 4.79 Å². The zero-order valence-corrected chi connectivity index (χ0v) is 18.7. The Morgan fingerprint density at radius 2 is 1.82 bits per heavy atom. The summed E-state index contributed by atoms with van der Waals surface area (Å²) in [5.41, 5.74) is 2.16. The third-order valence-corrected chi connectivity index (χ3v) is 7.15. The standard InChI is InChI=1S/C23H22N4O5S/c1-15-6-3-4-8-18(15)27-19(9-11-25-27)17-12-22(21(29)13-20(17)28)33(31,32)26(2)14-16-7-5-10-24-23(16)30/h3-13,28-29H,14H2,1-2H3,(H,24,30). The van der Waals surface area contributed by atoms with Crippen LogP contribution in [0.15, 0.2) is 76.7 Å². The van der Waals surface area contributed by atoms with Crippen LogP contribution >= 0.6 is 0 Å². The van der Waals surface area contributed by atoms with Crippen LogP contribution in [-0.2, 0) is 16.6 Å². The van der Waals surface area contributed by atoms with Gasteiger partial charge in [0, 0.05) is 37.0 Å². The first-order valence-corrected chi connectivity index (χ1v) is 11.4. The lowest BCUT2D eigenvalue weighted by Gasteiger charge is -2.19. The van der Waals surface area contributed by atoms with Crippen LogP contribution < -0.4 is 5.56 Å². The van der Waals surface area contributed by atoms with E-state index in [1.807, 2.05) is 31.2 Å². The number of hydrogen-bond donors (Lipinski definition) is 3. The summed E-state index contributed by atoms with van der Waals surface area (Å²) in [7, 11) is -2.90. The molecule has 0 aliphatic rings. The molecule has 170 valence electrons. The number of aromatic hydroxyl groups is 2. The van der Waals surface area contributed by atoms with E-state index in [0.717, 1.165) is 21.6 Å². The number of aromatic nitrogens is 3. The fraction of sp³-hybridized carbons (Fsp3) is 0.130. The highest BCUT2D eigenvalue weighted by molar-refractivity contribution is 7.89. The molecule has 9 nitrogen and oxygen atoms in total. The molecule has 0 spiro atoms. The van der Waals surface area contributed by atoms with Gasteiger partial charge in [-0.25, -0.2) is 13.1 Å². The molecule has 0 bridgehead atoms. The first kappa shape index (κ1) is 22.3. The quantitative estimate of drug-likeness (QED) is 0.401. The van der Waals surface area contributed by atoms with Gasteiger partial charge in [0.2, 0.25) is 10.0 Å². The van der Waals surface area contributed by atoms with E-state index in [9.17, 15) is 23.4 Å². The highest BCUT2D eigenvalue weighted by Gasteiger charge is 2.28. The molecule has 0 atom stereocenters. The fourth-order valence-electron chi connectivity index (χ4n) is 3.54. The van der Waals surface area contributed by atoms with Crippen molar-refractivity contribution in [3.05, 3.63) is 88.5 Å². The second kappa shape index (κ2) is 8.57. The second-order valence-corrected chi connectivity index (χ2v) is 9.55. The van der Waals surface area contributed by atoms with Crippen molar-refractivity contribution in [2.24, 2.45) is 0 Å². The van der Waals surface area contributed by atoms with E-state index < -0.39 is 26.2 Å². The number of nitrogens with zero attached hydrogens (tertiary/aromatic N) is 3. The molecular formula is C23H22N4O5S. The molecular weight excluding hydrogens is 444 g/mol. The van der Waals surface area contributed by atoms with Crippen molar-refractivity contribution in [1.29, 1.82) is 0 Å². The average molecular weight is 467 g/mol. The summed E-state index contributed by atoms with van der Waals surface area (Å²) < 4.78 is 29.1. The van der Waals surface area contributed by atoms with Crippen molar-refractivity contribution in [2.45, 2.75) is 18.4 Å². The predicted octanol–water partition coefficient (Wildman–Crippen LogP) is 2.77. The van der Waals surface area contributed by atoms with Gasteiger partial charge in [0.05, 0.1) is 17.6 Å². The Morgan fingerprint density at radius 3 is 2.55 bits per heavy atom. The Morgan fingerprint density at radius 1 is 1.06 bits per heavy atom. The van der Waals surface area contributed by atoms with Gasteiger partial charge in [0.25, 0.3) is 5.56 Å². The number of nitrogens with one attached hydrogen (secondary N) is 1. The van der Waals surface area contributed by atoms with Crippen LogP contribution in [0.5, 0.6) is 11.5 Å². The molecule has 10 heteroatoms. The molecule has 0 saturated carbocycles. The Bertz CT molecular complexity index is 1490. The maximum Gasteiger partial charge on any atom is 0.252 e. The van der Waals surface area contributed by atoms with E-state index in [2.05, 4.69) is 10.1 Å². The zero-order chi connectivity index (χ0) is 23.8. The number of aromatic amines is 1. The Kier molecular flexibility index (Phi) is 5.79. The summed E-state index contributed by atoms with van der Waals surface area (Å²) in [5.74, 6) is -0.907. The normalized spacial score (nSPS) is 11.7. The summed E-state index contributed by atoms with van der Waals surface area (Å²) >= 11 is 0. The molecule has 0 saturated heterocycles. The molecule has 33 heavy (non-hydrogen) atoms. The zero-order valence-electron chi connectivity index (χ0n) is 17.9. The first-order valence-electron chi connectivity index (χ1n) is 9.99. The third-order valence-electron chi connectivity index (χ3n) is 5.32. The maximum atomic E-state index is 13.3. The molecule has 0 unspecified atom stereocenters. The topological polar surface area (TPSA) is 129 Å². The van der Waals surface area contributed by atoms with Crippen LogP contribution in [0.2, 0.25) is 0 Å². The number of hydrogen-bond acceptors (Lipinski definition) is 6. The van der Waals surface area contributed by atoms with E-state index in [1.54, 1.807) is 16.8 Å². The summed E-state index contributed by atoms with van der Waals surface area (Å²) in [4.78, 5) is 14.1. The highest BCUT2D eigenvalue weighted by atomic mass is 32.2. The van der Waals surface area contributed by atoms with E-state index >= 15 is 0 Å². The van der Waals surface area contributed by atoms with Gasteiger partial charge in [0.15, 0.2) is 0 Å². The van der Waals surface area contributed by atoms with E-state index in [1.165, 1.54) is 31.6 Å². The minimum absolute atomic E-state index is 0.179. The fourth-order valence-corrected chi connectivity index (χ4v) is 4.78. The Balaban J connectivity index is 1.79. The lowest BCUT2D eigenvalue weighted by Crippen LogP contribution is -2.29. The SMILES string of the molecule is Cc1ccccc1-n1nccc1-c1cc(S(=O)(=O)N(C)Cc2ccc[nH]c2=O)c(O)cc1O. The number of aryl methyl sites for hydroxylation is 1. The molecule has 0 amide bonds. The van der Waals surface area contributed by atoms with Gasteiger partial charge in [0.1, 0.15) is 16.4 Å². The number of pyridine rings is 1. The minimum Gasteiger partial charge on any atom is -0.507 e. The number of sulfonamides is 1. The molecule has 2 aromatic heterocycles. The van der Waals surface area contributed by atoms with Gasteiger partial charge in [-0.15, -0.1) is 0 Å². The minimum atomic E-state index is -4.21. The van der Waals surface area contributed by atoms with Crippen LogP contribution in [0, 0.1) is 6.92 Å². The molecule has 0 radical (unpaired) electrons. The monoisotopic (exact) mass is 466 g/mol. The van der Waals surface area contributed by atoms with Gasteiger partial charge >= 0.3 is 0 Å². The van der Waals surface area contributed by atoms with Crippen molar-refractivity contribution in [1.82, 2.24) is 19.1 Å². The lowest BCUT2D eigenvalue weighted by atomic mass is 10.1. The smallest absolute Gasteiger partial charge is 0.252 e. The summed E-state index contributed by atoms with van der Waals surface area (Å²) in [6.45, 7) is 1.71. The molecule has 0 aliphatic heterocycles. The summed E-state index contributed by atoms with van der Waals surface area (Å²) in [6, 6.07) is 14.5. The molecule has 2 heterocycles. The van der Waals surface area contributed by atoms with Gasteiger partial charge < -0.3 is 15.2 Å². The van der Waals surface area contributed by atoms with Crippen LogP contribution in [0.1, 0.15) is 11.1 Å². The van der Waals surface area contributed by atoms with Crippen LogP contribution in [0.25, 0.3) is 16.9 Å². The first-order chi connectivity index (χ1) is 15.7. The average Bonchev–Trinajstić information content (AvgIpc) is 3.24. The second-order valence-electron chi connectivity index (χ2n) is 7.54. The lowest BCUT2D eigenvalue weighted by molar-refractivity contribution is 0.429. The van der Waals surface area contributed by atoms with Gasteiger partial charge in [-0.05, 0) is 36.8 Å². The number of phenolic OH excluding ortho intramolecular Hbond substituents is 2. The van der Waals surface area contributed by atoms with Gasteiger partial charge in [-0.2, -0.15) is 9.40 Å². The highest BCUT2D eigenvalue weighted by Crippen LogP contribution is 2.38. The van der Waals surface area contributed by atoms with Crippen molar-refractivity contribution in [3.63, 3.8) is 0 Å². The van der Waals surface area contributed by atoms with Crippen LogP contribution in [0.4, 0.5) is 0 Å². The maximum absolute atomic E-state index is 13.3. The number of phenols is 2. The molecule has 4 rings (SSSR count). The Labute approximate surface area is 190 Å². The molecule has 3 N–H and O–H groups in total. The number of benzene rings is 2. The Hall–Kier alpha value is -3.89. The van der Waals surface area contributed by atoms with E-state index in [4.69, 9.17) is 0 Å². The number of H-pyrrole nitrogens is 1. The largest absolute Gasteiger partial charge is 0.507 e. The summed E-state index contributed by atoms with van der Waals surface area (Å²) in [6.07, 6.45) is 2.99. The molecule has 0 fully saturated rings. The van der Waals surface area contributed by atoms with Crippen molar-refractivity contribution >= 4 is 10.0 Å². The third kappa shape index (κ3) is 4.13. The van der Waals surface area contributed by atoms with Crippen molar-refractivity contribution in [3.8, 4) is 28.4 Å². The molecule has 4 aromatic rings. The van der Waals surface area contributed by atoms with E-state index in [-0.39, 0.29) is 23.4 Å². The van der Waals surface area contributed by atoms with Crippen molar-refractivity contribution < 1.29 is 18.6 Å². The van der Waals surface area contributed by atoms with Crippen LogP contribution in [0.3, 0.4) is 0 Å². The molecule has 2 aromatic carbocycles. The number of para-hydroxylation sites is 1. The predicted molar refractivity (Wildman–Crippen MR) is 123 cm³/mol.